The van der Waals surface area contributed by atoms with Gasteiger partial charge < -0.3 is 4.52 Å². The van der Waals surface area contributed by atoms with Gasteiger partial charge in [-0.15, -0.1) is 0 Å². The average Bonchev–Trinajstić information content (AvgIpc) is 2.49. The molecule has 0 bridgehead atoms. The van der Waals surface area contributed by atoms with Crippen LogP contribution in [-0.4, -0.2) is 5.16 Å². The lowest BCUT2D eigenvalue weighted by molar-refractivity contribution is 0.456. The largest absolute Gasteiger partial charge is 0.356 e. The smallest absolute Gasteiger partial charge is 0.168 e. The third-order valence-electron chi connectivity index (χ3n) is 1.90. The minimum absolute atomic E-state index is 0.747. The number of rotatable bonds is 1. The summed E-state index contributed by atoms with van der Waals surface area (Å²) >= 11 is 5.97. The zero-order valence-corrected chi connectivity index (χ0v) is 7.43. The van der Waals surface area contributed by atoms with Gasteiger partial charge in [0.15, 0.2) is 5.58 Å². The van der Waals surface area contributed by atoms with Crippen LogP contribution in [0.15, 0.2) is 22.9 Å². The first-order valence-corrected chi connectivity index (χ1v) is 4.22. The summed E-state index contributed by atoms with van der Waals surface area (Å²) in [5.74, 6) is 0. The minimum atomic E-state index is 0.747. The van der Waals surface area contributed by atoms with Gasteiger partial charge in [0.2, 0.25) is 0 Å². The van der Waals surface area contributed by atoms with Crippen LogP contribution in [0.3, 0.4) is 0 Å². The number of hydrogen-bond acceptors (Lipinski definition) is 2. The Balaban J connectivity index is 2.73. The molecule has 0 amide bonds. The molecule has 2 rings (SSSR count). The van der Waals surface area contributed by atoms with Crippen molar-refractivity contribution in [3.05, 3.63) is 28.9 Å². The Morgan fingerprint density at radius 2 is 2.33 bits per heavy atom. The Kier molecular flexibility index (Phi) is 1.77. The monoisotopic (exact) mass is 181 g/mol. The number of nitrogens with zero attached hydrogens (tertiary/aromatic N) is 1. The van der Waals surface area contributed by atoms with Crippen molar-refractivity contribution < 1.29 is 4.52 Å². The van der Waals surface area contributed by atoms with Crippen LogP contribution in [0.1, 0.15) is 12.5 Å². The maximum Gasteiger partial charge on any atom is 0.168 e. The highest BCUT2D eigenvalue weighted by Gasteiger charge is 2.03. The first-order valence-electron chi connectivity index (χ1n) is 3.84. The van der Waals surface area contributed by atoms with Crippen molar-refractivity contribution >= 4 is 22.6 Å². The lowest BCUT2D eigenvalue weighted by Gasteiger charge is -1.98. The molecular formula is C9H8ClNO. The molecule has 0 fully saturated rings. The molecule has 1 heterocycles. The molecule has 0 unspecified atom stereocenters. The predicted molar refractivity (Wildman–Crippen MR) is 48.4 cm³/mol. The fraction of sp³-hybridized carbons (Fsp3) is 0.222. The molecule has 12 heavy (non-hydrogen) atoms. The number of hydrogen-bond donors (Lipinski definition) is 0. The first kappa shape index (κ1) is 7.62. The number of benzene rings is 1. The molecule has 0 N–H and O–H groups in total. The SMILES string of the molecule is CCc1cc2cnoc2cc1Cl. The molecule has 0 spiro atoms. The Labute approximate surface area is 75.1 Å². The van der Waals surface area contributed by atoms with Crippen molar-refractivity contribution in [3.8, 4) is 0 Å². The van der Waals surface area contributed by atoms with Crippen molar-refractivity contribution in [3.63, 3.8) is 0 Å². The Morgan fingerprint density at radius 1 is 1.50 bits per heavy atom. The van der Waals surface area contributed by atoms with E-state index in [4.69, 9.17) is 16.1 Å². The molecule has 0 aliphatic carbocycles. The third kappa shape index (κ3) is 1.08. The van der Waals surface area contributed by atoms with E-state index in [9.17, 15) is 0 Å². The summed E-state index contributed by atoms with van der Waals surface area (Å²) in [7, 11) is 0. The van der Waals surface area contributed by atoms with Crippen LogP contribution in [0, 0.1) is 0 Å². The molecule has 0 radical (unpaired) electrons. The number of aromatic nitrogens is 1. The van der Waals surface area contributed by atoms with Gasteiger partial charge in [-0.1, -0.05) is 23.7 Å². The summed E-state index contributed by atoms with van der Waals surface area (Å²) in [6.07, 6.45) is 2.63. The van der Waals surface area contributed by atoms with Gasteiger partial charge in [0.1, 0.15) is 0 Å². The summed E-state index contributed by atoms with van der Waals surface area (Å²) in [5.41, 5.74) is 1.88. The van der Waals surface area contributed by atoms with E-state index in [2.05, 4.69) is 12.1 Å². The zero-order valence-electron chi connectivity index (χ0n) is 6.67. The van der Waals surface area contributed by atoms with E-state index < -0.39 is 0 Å². The molecule has 0 saturated heterocycles. The van der Waals surface area contributed by atoms with Gasteiger partial charge in [0.25, 0.3) is 0 Å². The molecule has 2 aromatic rings. The van der Waals surface area contributed by atoms with E-state index in [1.54, 1.807) is 6.20 Å². The molecule has 1 aromatic carbocycles. The molecule has 0 aliphatic heterocycles. The Morgan fingerprint density at radius 3 is 3.08 bits per heavy atom. The third-order valence-corrected chi connectivity index (χ3v) is 2.25. The highest BCUT2D eigenvalue weighted by Crippen LogP contribution is 2.23. The summed E-state index contributed by atoms with van der Waals surface area (Å²) in [6, 6.07) is 3.82. The fourth-order valence-electron chi connectivity index (χ4n) is 1.21. The fourth-order valence-corrected chi connectivity index (χ4v) is 1.50. The van der Waals surface area contributed by atoms with Crippen LogP contribution in [-0.2, 0) is 6.42 Å². The van der Waals surface area contributed by atoms with Gasteiger partial charge in [-0.2, -0.15) is 0 Å². The number of aryl methyl sites for hydroxylation is 1. The zero-order chi connectivity index (χ0) is 8.55. The second-order valence-electron chi connectivity index (χ2n) is 2.66. The van der Waals surface area contributed by atoms with Crippen molar-refractivity contribution in [2.45, 2.75) is 13.3 Å². The van der Waals surface area contributed by atoms with E-state index in [1.165, 1.54) is 0 Å². The van der Waals surface area contributed by atoms with Crippen molar-refractivity contribution in [1.29, 1.82) is 0 Å². The molecule has 0 aliphatic rings. The van der Waals surface area contributed by atoms with E-state index in [0.29, 0.717) is 0 Å². The highest BCUT2D eigenvalue weighted by molar-refractivity contribution is 6.32. The molecular weight excluding hydrogens is 174 g/mol. The van der Waals surface area contributed by atoms with Crippen molar-refractivity contribution in [2.75, 3.05) is 0 Å². The van der Waals surface area contributed by atoms with Gasteiger partial charge in [-0.25, -0.2) is 0 Å². The molecule has 62 valence electrons. The van der Waals surface area contributed by atoms with Crippen molar-refractivity contribution in [2.24, 2.45) is 0 Å². The van der Waals surface area contributed by atoms with E-state index in [1.807, 2.05) is 12.1 Å². The minimum Gasteiger partial charge on any atom is -0.356 e. The van der Waals surface area contributed by atoms with E-state index in [-0.39, 0.29) is 0 Å². The van der Waals surface area contributed by atoms with Gasteiger partial charge in [0, 0.05) is 16.5 Å². The average molecular weight is 182 g/mol. The van der Waals surface area contributed by atoms with Crippen LogP contribution in [0.5, 0.6) is 0 Å². The number of halogens is 1. The van der Waals surface area contributed by atoms with Gasteiger partial charge in [-0.3, -0.25) is 0 Å². The van der Waals surface area contributed by atoms with E-state index in [0.717, 1.165) is 28.0 Å². The maximum atomic E-state index is 5.97. The summed E-state index contributed by atoms with van der Waals surface area (Å²) < 4.78 is 4.96. The number of fused-ring (bicyclic) bond motifs is 1. The molecule has 0 atom stereocenters. The molecule has 2 nitrogen and oxygen atoms in total. The van der Waals surface area contributed by atoms with Crippen LogP contribution < -0.4 is 0 Å². The standard InChI is InChI=1S/C9H8ClNO/c1-2-6-3-7-5-11-12-9(7)4-8(6)10/h3-5H,2H2,1H3. The summed E-state index contributed by atoms with van der Waals surface area (Å²) in [5, 5.41) is 5.45. The first-order chi connectivity index (χ1) is 5.81. The quantitative estimate of drug-likeness (QED) is 0.676. The molecule has 0 saturated carbocycles. The summed E-state index contributed by atoms with van der Waals surface area (Å²) in [6.45, 7) is 2.07. The van der Waals surface area contributed by atoms with E-state index >= 15 is 0 Å². The van der Waals surface area contributed by atoms with Crippen LogP contribution in [0.2, 0.25) is 5.02 Å². The van der Waals surface area contributed by atoms with Gasteiger partial charge >= 0.3 is 0 Å². The van der Waals surface area contributed by atoms with Gasteiger partial charge in [0.05, 0.1) is 6.20 Å². The van der Waals surface area contributed by atoms with Crippen LogP contribution >= 0.6 is 11.6 Å². The van der Waals surface area contributed by atoms with Crippen LogP contribution in [0.4, 0.5) is 0 Å². The molecule has 1 aromatic heterocycles. The molecule has 3 heteroatoms. The topological polar surface area (TPSA) is 26.0 Å². The second-order valence-corrected chi connectivity index (χ2v) is 3.07. The second kappa shape index (κ2) is 2.79. The normalized spacial score (nSPS) is 10.8. The Bertz CT molecular complexity index is 408. The lowest BCUT2D eigenvalue weighted by Crippen LogP contribution is -1.80. The van der Waals surface area contributed by atoms with Crippen LogP contribution in [0.25, 0.3) is 11.0 Å². The van der Waals surface area contributed by atoms with Gasteiger partial charge in [-0.05, 0) is 18.1 Å². The maximum absolute atomic E-state index is 5.97. The Hall–Kier alpha value is -1.02. The van der Waals surface area contributed by atoms with Crippen molar-refractivity contribution in [1.82, 2.24) is 5.16 Å². The predicted octanol–water partition coefficient (Wildman–Crippen LogP) is 3.04. The highest BCUT2D eigenvalue weighted by atomic mass is 35.5. The summed E-state index contributed by atoms with van der Waals surface area (Å²) in [4.78, 5) is 0. The lowest BCUT2D eigenvalue weighted by atomic mass is 10.1.